The fraction of sp³-hybridized carbons (Fsp3) is 0.467. The summed E-state index contributed by atoms with van der Waals surface area (Å²) in [5.74, 6) is 0.390. The van der Waals surface area contributed by atoms with Crippen molar-refractivity contribution in [2.24, 2.45) is 5.11 Å². The quantitative estimate of drug-likeness (QED) is 0.351. The van der Waals surface area contributed by atoms with Crippen LogP contribution in [0.5, 0.6) is 5.88 Å². The van der Waals surface area contributed by atoms with E-state index in [-0.39, 0.29) is 6.10 Å². The zero-order valence-corrected chi connectivity index (χ0v) is 13.5. The van der Waals surface area contributed by atoms with Crippen LogP contribution in [0.25, 0.3) is 21.2 Å². The molecule has 0 radical (unpaired) electrons. The lowest BCUT2D eigenvalue weighted by molar-refractivity contribution is 0.0389. The second-order valence-electron chi connectivity index (χ2n) is 6.09. The summed E-state index contributed by atoms with van der Waals surface area (Å²) in [6.45, 7) is 3.58. The minimum Gasteiger partial charge on any atom is -0.474 e. The molecule has 1 aliphatic rings. The summed E-state index contributed by atoms with van der Waals surface area (Å²) in [5.41, 5.74) is 8.69. The predicted octanol–water partition coefficient (Wildman–Crippen LogP) is 4.71. The Labute approximate surface area is 137 Å². The van der Waals surface area contributed by atoms with Crippen molar-refractivity contribution in [3.05, 3.63) is 39.6 Å². The summed E-state index contributed by atoms with van der Waals surface area (Å²) in [6.07, 6.45) is 2.94. The van der Waals surface area contributed by atoms with Crippen molar-refractivity contribution in [3.8, 4) is 5.88 Å². The van der Waals surface area contributed by atoms with E-state index in [0.717, 1.165) is 10.9 Å². The first-order valence-corrected chi connectivity index (χ1v) is 7.60. The van der Waals surface area contributed by atoms with Gasteiger partial charge in [0.25, 0.3) is 0 Å². The van der Waals surface area contributed by atoms with E-state index in [9.17, 15) is 4.39 Å². The van der Waals surface area contributed by atoms with Gasteiger partial charge in [0.05, 0.1) is 10.9 Å². The van der Waals surface area contributed by atoms with Crippen molar-refractivity contribution in [3.63, 3.8) is 0 Å². The van der Waals surface area contributed by atoms with Gasteiger partial charge in [-0.05, 0) is 22.5 Å². The van der Waals surface area contributed by atoms with Gasteiger partial charge in [0, 0.05) is 30.1 Å². The van der Waals surface area contributed by atoms with Crippen molar-refractivity contribution in [2.45, 2.75) is 44.5 Å². The van der Waals surface area contributed by atoms with E-state index in [1.807, 2.05) is 0 Å². The van der Waals surface area contributed by atoms with E-state index in [0.29, 0.717) is 29.3 Å². The molecule has 0 aromatic carbocycles. The number of pyridine rings is 2. The van der Waals surface area contributed by atoms with E-state index in [2.05, 4.69) is 20.0 Å². The Balaban J connectivity index is 2.10. The highest BCUT2D eigenvalue weighted by atomic mass is 35.5. The number of halogens is 2. The van der Waals surface area contributed by atoms with Gasteiger partial charge in [-0.15, -0.1) is 0 Å². The summed E-state index contributed by atoms with van der Waals surface area (Å²) < 4.78 is 18.7. The Morgan fingerprint density at radius 1 is 1.35 bits per heavy atom. The lowest BCUT2D eigenvalue weighted by Crippen LogP contribution is -2.35. The van der Waals surface area contributed by atoms with Gasteiger partial charge in [0.2, 0.25) is 5.88 Å². The van der Waals surface area contributed by atoms with E-state index in [1.165, 1.54) is 0 Å². The molecule has 0 N–H and O–H groups in total. The molecular formula is C15H15ClFN5O. The summed E-state index contributed by atoms with van der Waals surface area (Å²) in [4.78, 5) is 11.3. The van der Waals surface area contributed by atoms with Gasteiger partial charge in [-0.25, -0.2) is 14.4 Å². The van der Waals surface area contributed by atoms with Gasteiger partial charge >= 0.3 is 0 Å². The van der Waals surface area contributed by atoms with Crippen LogP contribution in [-0.4, -0.2) is 22.2 Å². The molecular weight excluding hydrogens is 321 g/mol. The molecule has 120 valence electrons. The Kier molecular flexibility index (Phi) is 4.00. The average molecular weight is 336 g/mol. The Bertz CT molecular complexity index is 800. The number of alkyl halides is 1. The normalized spacial score (nSPS) is 20.7. The second kappa shape index (κ2) is 5.83. The van der Waals surface area contributed by atoms with Crippen LogP contribution in [0.4, 0.5) is 4.39 Å². The van der Waals surface area contributed by atoms with Gasteiger partial charge < -0.3 is 4.74 Å². The summed E-state index contributed by atoms with van der Waals surface area (Å²) in [5, 5.41) is 5.56. The van der Waals surface area contributed by atoms with E-state index in [4.69, 9.17) is 21.9 Å². The first-order valence-electron chi connectivity index (χ1n) is 7.22. The van der Waals surface area contributed by atoms with Crippen LogP contribution in [0.15, 0.2) is 23.6 Å². The molecule has 23 heavy (non-hydrogen) atoms. The number of aromatic nitrogens is 2. The molecule has 8 heteroatoms. The van der Waals surface area contributed by atoms with Crippen molar-refractivity contribution in [2.75, 3.05) is 0 Å². The lowest BCUT2D eigenvalue weighted by Gasteiger charge is -2.30. The molecule has 2 aromatic heterocycles. The van der Waals surface area contributed by atoms with E-state index >= 15 is 0 Å². The summed E-state index contributed by atoms with van der Waals surface area (Å²) >= 11 is 6.01. The molecule has 0 atom stereocenters. The van der Waals surface area contributed by atoms with Crippen LogP contribution < -0.4 is 4.74 Å². The van der Waals surface area contributed by atoms with Crippen LogP contribution in [0.1, 0.15) is 32.3 Å². The molecule has 0 bridgehead atoms. The van der Waals surface area contributed by atoms with Crippen molar-refractivity contribution in [1.29, 1.82) is 0 Å². The van der Waals surface area contributed by atoms with Gasteiger partial charge in [-0.1, -0.05) is 30.6 Å². The molecule has 1 saturated carbocycles. The van der Waals surface area contributed by atoms with Crippen LogP contribution in [0, 0.1) is 0 Å². The fourth-order valence-corrected chi connectivity index (χ4v) is 2.75. The maximum atomic E-state index is 13.0. The maximum Gasteiger partial charge on any atom is 0.223 e. The molecule has 2 heterocycles. The summed E-state index contributed by atoms with van der Waals surface area (Å²) in [6, 6.07) is 1.69. The Morgan fingerprint density at radius 2 is 2.09 bits per heavy atom. The third-order valence-electron chi connectivity index (χ3n) is 3.97. The number of hydrogen-bond donors (Lipinski definition) is 0. The standard InChI is InChI=1S/C15H15ClFN5O/c1-15(2,21-22-18)12-7-20-14(23-9-3-8(17)4-9)11-6-19-13(16)5-10(11)12/h5-9H,3-4H2,1-2H3. The van der Waals surface area contributed by atoms with Gasteiger partial charge in [0.1, 0.15) is 17.4 Å². The molecule has 1 fully saturated rings. The van der Waals surface area contributed by atoms with Gasteiger partial charge in [0.15, 0.2) is 0 Å². The largest absolute Gasteiger partial charge is 0.474 e. The fourth-order valence-electron chi connectivity index (χ4n) is 2.59. The molecule has 0 aliphatic heterocycles. The monoisotopic (exact) mass is 335 g/mol. The maximum absolute atomic E-state index is 13.0. The Morgan fingerprint density at radius 3 is 2.74 bits per heavy atom. The molecule has 0 saturated heterocycles. The second-order valence-corrected chi connectivity index (χ2v) is 6.47. The highest BCUT2D eigenvalue weighted by Gasteiger charge is 2.32. The third-order valence-corrected chi connectivity index (χ3v) is 4.18. The number of ether oxygens (including phenoxy) is 1. The summed E-state index contributed by atoms with van der Waals surface area (Å²) in [7, 11) is 0. The zero-order chi connectivity index (χ0) is 16.6. The molecule has 0 amide bonds. The molecule has 6 nitrogen and oxygen atoms in total. The minimum absolute atomic E-state index is 0.174. The van der Waals surface area contributed by atoms with E-state index < -0.39 is 11.7 Å². The van der Waals surface area contributed by atoms with Crippen LogP contribution in [0.3, 0.4) is 0 Å². The number of fused-ring (bicyclic) bond motifs is 1. The topological polar surface area (TPSA) is 83.8 Å². The molecule has 3 rings (SSSR count). The van der Waals surface area contributed by atoms with Crippen molar-refractivity contribution in [1.82, 2.24) is 9.97 Å². The SMILES string of the molecule is CC(C)(N=[N+]=[N-])c1cnc(OC2CC(F)C2)c2cnc(Cl)cc12. The zero-order valence-electron chi connectivity index (χ0n) is 12.7. The van der Waals surface area contributed by atoms with Crippen LogP contribution in [-0.2, 0) is 5.54 Å². The van der Waals surface area contributed by atoms with Gasteiger partial charge in [-0.3, -0.25) is 0 Å². The molecule has 0 spiro atoms. The smallest absolute Gasteiger partial charge is 0.223 e. The third kappa shape index (κ3) is 3.02. The highest BCUT2D eigenvalue weighted by molar-refractivity contribution is 6.30. The predicted molar refractivity (Wildman–Crippen MR) is 85.3 cm³/mol. The highest BCUT2D eigenvalue weighted by Crippen LogP contribution is 2.37. The van der Waals surface area contributed by atoms with Crippen LogP contribution >= 0.6 is 11.6 Å². The number of nitrogens with zero attached hydrogens (tertiary/aromatic N) is 5. The first kappa shape index (κ1) is 15.8. The minimum atomic E-state index is -0.804. The number of rotatable bonds is 4. The lowest BCUT2D eigenvalue weighted by atomic mass is 9.92. The number of azide groups is 1. The van der Waals surface area contributed by atoms with Gasteiger partial charge in [-0.2, -0.15) is 0 Å². The average Bonchev–Trinajstić information content (AvgIpc) is 2.45. The first-order chi connectivity index (χ1) is 10.9. The number of hydrogen-bond acceptors (Lipinski definition) is 4. The molecule has 1 aliphatic carbocycles. The Hall–Kier alpha value is -2.11. The van der Waals surface area contributed by atoms with Crippen molar-refractivity contribution >= 4 is 22.4 Å². The molecule has 0 unspecified atom stereocenters. The molecule has 2 aromatic rings. The van der Waals surface area contributed by atoms with Crippen molar-refractivity contribution < 1.29 is 9.13 Å². The van der Waals surface area contributed by atoms with Crippen LogP contribution in [0.2, 0.25) is 5.15 Å². The van der Waals surface area contributed by atoms with E-state index in [1.54, 1.807) is 32.3 Å².